The molecule has 0 fully saturated rings. The van der Waals surface area contributed by atoms with Crippen molar-refractivity contribution in [3.63, 3.8) is 0 Å². The minimum Gasteiger partial charge on any atom is -0.495 e. The van der Waals surface area contributed by atoms with Gasteiger partial charge in [-0.15, -0.1) is 0 Å². The molecule has 0 spiro atoms. The molecule has 6 nitrogen and oxygen atoms in total. The van der Waals surface area contributed by atoms with Gasteiger partial charge in [-0.25, -0.2) is 8.42 Å². The van der Waals surface area contributed by atoms with E-state index in [9.17, 15) is 13.2 Å². The molecule has 0 saturated heterocycles. The molecule has 0 heterocycles. The number of amides is 1. The Morgan fingerprint density at radius 1 is 0.967 bits per heavy atom. The van der Waals surface area contributed by atoms with Crippen LogP contribution >= 0.6 is 31.9 Å². The Bertz CT molecular complexity index is 1150. The van der Waals surface area contributed by atoms with Crippen molar-refractivity contribution in [2.24, 2.45) is 0 Å². The minimum absolute atomic E-state index is 0.0431. The largest absolute Gasteiger partial charge is 0.495 e. The highest BCUT2D eigenvalue weighted by Crippen LogP contribution is 2.32. The van der Waals surface area contributed by atoms with E-state index in [0.29, 0.717) is 15.8 Å². The number of hydrogen-bond acceptors (Lipinski definition) is 4. The molecule has 0 unspecified atom stereocenters. The average molecular weight is 554 g/mol. The molecule has 0 bridgehead atoms. The highest BCUT2D eigenvalue weighted by Gasteiger charge is 2.30. The maximum Gasteiger partial charge on any atom is 0.268 e. The molecule has 0 aliphatic carbocycles. The van der Waals surface area contributed by atoms with Gasteiger partial charge >= 0.3 is 0 Å². The van der Waals surface area contributed by atoms with Crippen LogP contribution in [0.4, 0.5) is 11.4 Å². The molecule has 30 heavy (non-hydrogen) atoms. The van der Waals surface area contributed by atoms with Gasteiger partial charge in [-0.05, 0) is 48.5 Å². The lowest BCUT2D eigenvalue weighted by Gasteiger charge is -2.25. The zero-order valence-electron chi connectivity index (χ0n) is 15.9. The Morgan fingerprint density at radius 3 is 2.33 bits per heavy atom. The number of benzene rings is 3. The van der Waals surface area contributed by atoms with Crippen molar-refractivity contribution in [3.05, 3.63) is 81.7 Å². The van der Waals surface area contributed by atoms with Crippen LogP contribution in [-0.4, -0.2) is 28.0 Å². The van der Waals surface area contributed by atoms with Gasteiger partial charge in [0.25, 0.3) is 10.0 Å². The first-order valence-electron chi connectivity index (χ1n) is 8.78. The second kappa shape index (κ2) is 9.63. The number of ether oxygens (including phenoxy) is 1. The van der Waals surface area contributed by atoms with Gasteiger partial charge in [0.05, 0.1) is 12.8 Å². The molecular weight excluding hydrogens is 536 g/mol. The summed E-state index contributed by atoms with van der Waals surface area (Å²) in [4.78, 5) is 12.7. The lowest BCUT2D eigenvalue weighted by Crippen LogP contribution is -2.38. The summed E-state index contributed by atoms with van der Waals surface area (Å²) in [5.74, 6) is -0.291. The summed E-state index contributed by atoms with van der Waals surface area (Å²) in [6.07, 6.45) is 0. The molecule has 1 N–H and O–H groups in total. The number of para-hydroxylation sites is 1. The second-order valence-corrected chi connectivity index (χ2v) is 9.86. The molecule has 156 valence electrons. The molecule has 3 aromatic rings. The molecule has 1 amide bonds. The van der Waals surface area contributed by atoms with Crippen molar-refractivity contribution < 1.29 is 17.9 Å². The SMILES string of the molecule is COc1ccc(Br)cc1S(=O)(=O)N(CC(=O)Nc1cccc(Br)c1)c1ccccc1. The van der Waals surface area contributed by atoms with Crippen molar-refractivity contribution in [2.45, 2.75) is 4.90 Å². The quantitative estimate of drug-likeness (QED) is 0.444. The molecule has 0 aromatic heterocycles. The first kappa shape index (κ1) is 22.3. The van der Waals surface area contributed by atoms with Gasteiger partial charge in [-0.3, -0.25) is 9.10 Å². The highest BCUT2D eigenvalue weighted by molar-refractivity contribution is 9.10. The Kier molecular flexibility index (Phi) is 7.17. The first-order chi connectivity index (χ1) is 14.3. The number of carbonyl (C=O) groups is 1. The van der Waals surface area contributed by atoms with Gasteiger partial charge < -0.3 is 10.1 Å². The normalized spacial score (nSPS) is 11.0. The van der Waals surface area contributed by atoms with Gasteiger partial charge in [-0.1, -0.05) is 56.1 Å². The van der Waals surface area contributed by atoms with Crippen LogP contribution in [0.3, 0.4) is 0 Å². The van der Waals surface area contributed by atoms with E-state index < -0.39 is 22.5 Å². The number of hydrogen-bond donors (Lipinski definition) is 1. The molecule has 3 rings (SSSR count). The fraction of sp³-hybridized carbons (Fsp3) is 0.0952. The summed E-state index contributed by atoms with van der Waals surface area (Å²) in [5, 5.41) is 2.73. The zero-order valence-corrected chi connectivity index (χ0v) is 19.9. The highest BCUT2D eigenvalue weighted by atomic mass is 79.9. The Labute approximate surface area is 192 Å². The van der Waals surface area contributed by atoms with Crippen molar-refractivity contribution >= 4 is 59.2 Å². The lowest BCUT2D eigenvalue weighted by atomic mass is 10.3. The molecule has 0 saturated carbocycles. The third-order valence-corrected chi connectivity index (χ3v) is 6.92. The third-order valence-electron chi connectivity index (χ3n) is 4.13. The fourth-order valence-corrected chi connectivity index (χ4v) is 5.29. The molecule has 0 aliphatic heterocycles. The number of anilines is 2. The Balaban J connectivity index is 1.99. The van der Waals surface area contributed by atoms with Crippen LogP contribution in [0.15, 0.2) is 86.6 Å². The number of nitrogens with zero attached hydrogens (tertiary/aromatic N) is 1. The summed E-state index contributed by atoms with van der Waals surface area (Å²) in [6, 6.07) is 20.2. The molecule has 0 aliphatic rings. The van der Waals surface area contributed by atoms with Crippen LogP contribution in [-0.2, 0) is 14.8 Å². The van der Waals surface area contributed by atoms with Gasteiger partial charge in [0.1, 0.15) is 17.2 Å². The fourth-order valence-electron chi connectivity index (χ4n) is 2.78. The van der Waals surface area contributed by atoms with E-state index in [1.807, 2.05) is 6.07 Å². The van der Waals surface area contributed by atoms with Crippen molar-refractivity contribution in [2.75, 3.05) is 23.3 Å². The van der Waals surface area contributed by atoms with E-state index in [1.165, 1.54) is 13.2 Å². The van der Waals surface area contributed by atoms with Crippen LogP contribution < -0.4 is 14.4 Å². The summed E-state index contributed by atoms with van der Waals surface area (Å²) in [7, 11) is -2.71. The van der Waals surface area contributed by atoms with Crippen LogP contribution in [0.1, 0.15) is 0 Å². The van der Waals surface area contributed by atoms with Gasteiger partial charge in [0.15, 0.2) is 0 Å². The molecule has 9 heteroatoms. The number of sulfonamides is 1. The number of nitrogens with one attached hydrogen (secondary N) is 1. The summed E-state index contributed by atoms with van der Waals surface area (Å²) < 4.78 is 34.8. The van der Waals surface area contributed by atoms with Crippen LogP contribution in [0, 0.1) is 0 Å². The second-order valence-electron chi connectivity index (χ2n) is 6.20. The summed E-state index contributed by atoms with van der Waals surface area (Å²) in [6.45, 7) is -0.408. The number of carbonyl (C=O) groups excluding carboxylic acids is 1. The van der Waals surface area contributed by atoms with Crippen LogP contribution in [0.5, 0.6) is 5.75 Å². The van der Waals surface area contributed by atoms with E-state index in [0.717, 1.165) is 8.78 Å². The van der Waals surface area contributed by atoms with Gasteiger partial charge in [0, 0.05) is 14.6 Å². The number of methoxy groups -OCH3 is 1. The Morgan fingerprint density at radius 2 is 1.67 bits per heavy atom. The molecule has 0 radical (unpaired) electrons. The molecular formula is C21H18Br2N2O4S. The van der Waals surface area contributed by atoms with Crippen molar-refractivity contribution in [1.82, 2.24) is 0 Å². The van der Waals surface area contributed by atoms with Crippen molar-refractivity contribution in [1.29, 1.82) is 0 Å². The summed E-state index contributed by atoms with van der Waals surface area (Å²) in [5.41, 5.74) is 0.920. The van der Waals surface area contributed by atoms with E-state index >= 15 is 0 Å². The van der Waals surface area contributed by atoms with E-state index in [4.69, 9.17) is 4.74 Å². The van der Waals surface area contributed by atoms with Crippen molar-refractivity contribution in [3.8, 4) is 5.75 Å². The predicted molar refractivity (Wildman–Crippen MR) is 124 cm³/mol. The number of rotatable bonds is 7. The topological polar surface area (TPSA) is 75.7 Å². The number of halogens is 2. The van der Waals surface area contributed by atoms with Gasteiger partial charge in [0.2, 0.25) is 5.91 Å². The van der Waals surface area contributed by atoms with E-state index in [-0.39, 0.29) is 10.6 Å². The van der Waals surface area contributed by atoms with Gasteiger partial charge in [-0.2, -0.15) is 0 Å². The standard InChI is InChI=1S/C21H18Br2N2O4S/c1-29-19-11-10-16(23)13-20(19)30(27,28)25(18-8-3-2-4-9-18)14-21(26)24-17-7-5-6-15(22)12-17/h2-13H,14H2,1H3,(H,24,26). The van der Waals surface area contributed by atoms with E-state index in [2.05, 4.69) is 37.2 Å². The average Bonchev–Trinajstić information content (AvgIpc) is 2.72. The molecule has 3 aromatic carbocycles. The molecule has 0 atom stereocenters. The van der Waals surface area contributed by atoms with Crippen LogP contribution in [0.25, 0.3) is 0 Å². The zero-order chi connectivity index (χ0) is 21.7. The lowest BCUT2D eigenvalue weighted by molar-refractivity contribution is -0.114. The summed E-state index contributed by atoms with van der Waals surface area (Å²) >= 11 is 6.65. The maximum absolute atomic E-state index is 13.5. The minimum atomic E-state index is -4.11. The predicted octanol–water partition coefficient (Wildman–Crippen LogP) is 5.05. The third kappa shape index (κ3) is 5.21. The maximum atomic E-state index is 13.5. The smallest absolute Gasteiger partial charge is 0.268 e. The Hall–Kier alpha value is -2.36. The monoisotopic (exact) mass is 552 g/mol. The van der Waals surface area contributed by atoms with Crippen LogP contribution in [0.2, 0.25) is 0 Å². The first-order valence-corrected chi connectivity index (χ1v) is 11.8. The van der Waals surface area contributed by atoms with E-state index in [1.54, 1.807) is 60.7 Å².